The molecule has 3 heterocycles. The van der Waals surface area contributed by atoms with E-state index in [1.165, 1.54) is 5.56 Å². The number of nitrogens with zero attached hydrogens (tertiary/aromatic N) is 4. The van der Waals surface area contributed by atoms with Gasteiger partial charge in [0.15, 0.2) is 5.13 Å². The van der Waals surface area contributed by atoms with E-state index in [2.05, 4.69) is 31.0 Å². The van der Waals surface area contributed by atoms with Crippen LogP contribution in [0.1, 0.15) is 39.4 Å². The van der Waals surface area contributed by atoms with E-state index >= 15 is 0 Å². The summed E-state index contributed by atoms with van der Waals surface area (Å²) in [6, 6.07) is 6.00. The molecule has 8 heteroatoms. The topological polar surface area (TPSA) is 64.2 Å². The molecule has 1 amide bonds. The van der Waals surface area contributed by atoms with Crippen LogP contribution in [0.5, 0.6) is 0 Å². The van der Waals surface area contributed by atoms with Gasteiger partial charge in [0.1, 0.15) is 11.5 Å². The molecule has 0 saturated heterocycles. The number of thiazole rings is 1. The standard InChI is InChI=1S/C22H24N4O2S.ClH/c1-14-6-7-19-20(16(14)3)24-22(29-19)26(10-5-9-25-11-8-23-13-25)21(27)18-12-15(2)28-17(18)4;/h6-8,11-13H,5,9-10H2,1-4H3;1H. The highest BCUT2D eigenvalue weighted by Crippen LogP contribution is 2.33. The third-order valence-electron chi connectivity index (χ3n) is 5.18. The van der Waals surface area contributed by atoms with Crippen molar-refractivity contribution in [2.75, 3.05) is 11.4 Å². The molecule has 30 heavy (non-hydrogen) atoms. The van der Waals surface area contributed by atoms with E-state index in [0.29, 0.717) is 17.9 Å². The van der Waals surface area contributed by atoms with Crippen molar-refractivity contribution in [3.05, 3.63) is 65.1 Å². The molecule has 0 radical (unpaired) electrons. The molecule has 0 unspecified atom stereocenters. The van der Waals surface area contributed by atoms with Gasteiger partial charge in [-0.15, -0.1) is 12.4 Å². The minimum atomic E-state index is -0.0709. The van der Waals surface area contributed by atoms with Crippen LogP contribution in [0.4, 0.5) is 5.13 Å². The molecule has 0 spiro atoms. The molecular weight excluding hydrogens is 420 g/mol. The first kappa shape index (κ1) is 22.1. The molecule has 0 atom stereocenters. The highest BCUT2D eigenvalue weighted by atomic mass is 35.5. The smallest absolute Gasteiger partial charge is 0.263 e. The Morgan fingerprint density at radius 2 is 2.03 bits per heavy atom. The maximum atomic E-state index is 13.4. The van der Waals surface area contributed by atoms with Crippen LogP contribution in [-0.2, 0) is 6.54 Å². The molecule has 4 aromatic rings. The second-order valence-electron chi connectivity index (χ2n) is 7.29. The third kappa shape index (κ3) is 4.27. The highest BCUT2D eigenvalue weighted by Gasteiger charge is 2.24. The van der Waals surface area contributed by atoms with E-state index in [4.69, 9.17) is 9.40 Å². The molecule has 4 rings (SSSR count). The van der Waals surface area contributed by atoms with Crippen molar-refractivity contribution in [3.63, 3.8) is 0 Å². The minimum Gasteiger partial charge on any atom is -0.466 e. The predicted molar refractivity (Wildman–Crippen MR) is 123 cm³/mol. The Hall–Kier alpha value is -2.64. The number of furan rings is 1. The molecule has 0 fully saturated rings. The molecule has 158 valence electrons. The lowest BCUT2D eigenvalue weighted by Gasteiger charge is -2.19. The molecule has 0 N–H and O–H groups in total. The van der Waals surface area contributed by atoms with Crippen LogP contribution in [-0.4, -0.2) is 27.0 Å². The van der Waals surface area contributed by atoms with Crippen molar-refractivity contribution < 1.29 is 9.21 Å². The molecular formula is C22H25ClN4O2S. The van der Waals surface area contributed by atoms with E-state index < -0.39 is 0 Å². The zero-order valence-electron chi connectivity index (χ0n) is 17.5. The van der Waals surface area contributed by atoms with Gasteiger partial charge < -0.3 is 8.98 Å². The van der Waals surface area contributed by atoms with Crippen molar-refractivity contribution in [1.29, 1.82) is 0 Å². The fourth-order valence-corrected chi connectivity index (χ4v) is 4.48. The van der Waals surface area contributed by atoms with Crippen LogP contribution in [0, 0.1) is 27.7 Å². The summed E-state index contributed by atoms with van der Waals surface area (Å²) >= 11 is 1.56. The minimum absolute atomic E-state index is 0. The Labute approximate surface area is 186 Å². The number of hydrogen-bond donors (Lipinski definition) is 0. The molecule has 3 aromatic heterocycles. The van der Waals surface area contributed by atoms with Crippen molar-refractivity contribution in [1.82, 2.24) is 14.5 Å². The van der Waals surface area contributed by atoms with Gasteiger partial charge in [0.25, 0.3) is 5.91 Å². The third-order valence-corrected chi connectivity index (χ3v) is 6.22. The first-order valence-corrected chi connectivity index (χ1v) is 10.5. The van der Waals surface area contributed by atoms with Crippen LogP contribution >= 0.6 is 23.7 Å². The second-order valence-corrected chi connectivity index (χ2v) is 8.30. The maximum Gasteiger partial charge on any atom is 0.263 e. The molecule has 0 bridgehead atoms. The van der Waals surface area contributed by atoms with Gasteiger partial charge in [-0.25, -0.2) is 9.97 Å². The first-order valence-electron chi connectivity index (χ1n) is 9.65. The normalized spacial score (nSPS) is 10.9. The number of hydrogen-bond acceptors (Lipinski definition) is 5. The van der Waals surface area contributed by atoms with Crippen LogP contribution in [0.15, 0.2) is 41.3 Å². The molecule has 0 saturated carbocycles. The highest BCUT2D eigenvalue weighted by molar-refractivity contribution is 7.22. The Kier molecular flexibility index (Phi) is 6.63. The van der Waals surface area contributed by atoms with E-state index in [1.54, 1.807) is 28.8 Å². The summed E-state index contributed by atoms with van der Waals surface area (Å²) in [4.78, 5) is 24.1. The van der Waals surface area contributed by atoms with Gasteiger partial charge in [-0.05, 0) is 57.4 Å². The fraction of sp³-hybridized carbons (Fsp3) is 0.318. The molecule has 0 aliphatic carbocycles. The van der Waals surface area contributed by atoms with Gasteiger partial charge in [-0.3, -0.25) is 9.69 Å². The molecule has 6 nitrogen and oxygen atoms in total. The first-order chi connectivity index (χ1) is 13.9. The van der Waals surface area contributed by atoms with E-state index in [-0.39, 0.29) is 18.3 Å². The van der Waals surface area contributed by atoms with Gasteiger partial charge >= 0.3 is 0 Å². The van der Waals surface area contributed by atoms with E-state index in [1.807, 2.05) is 30.7 Å². The van der Waals surface area contributed by atoms with Crippen molar-refractivity contribution in [3.8, 4) is 0 Å². The number of carbonyl (C=O) groups is 1. The second kappa shape index (κ2) is 9.02. The summed E-state index contributed by atoms with van der Waals surface area (Å²) in [5, 5.41) is 0.725. The fourth-order valence-electron chi connectivity index (χ4n) is 3.43. The number of aryl methyl sites for hydroxylation is 5. The monoisotopic (exact) mass is 444 g/mol. The lowest BCUT2D eigenvalue weighted by molar-refractivity contribution is 0.0985. The largest absolute Gasteiger partial charge is 0.466 e. The summed E-state index contributed by atoms with van der Waals surface area (Å²) in [6.45, 7) is 9.21. The lowest BCUT2D eigenvalue weighted by Crippen LogP contribution is -2.32. The summed E-state index contributed by atoms with van der Waals surface area (Å²) < 4.78 is 8.71. The summed E-state index contributed by atoms with van der Waals surface area (Å²) in [5.41, 5.74) is 3.93. The van der Waals surface area contributed by atoms with Crippen molar-refractivity contribution in [2.24, 2.45) is 0 Å². The van der Waals surface area contributed by atoms with Crippen molar-refractivity contribution in [2.45, 2.75) is 40.7 Å². The maximum absolute atomic E-state index is 13.4. The SMILES string of the molecule is Cc1cc(C(=O)N(CCCn2ccnc2)c2nc3c(C)c(C)ccc3s2)c(C)o1.Cl. The summed E-state index contributed by atoms with van der Waals surface area (Å²) in [6.07, 6.45) is 6.28. The average Bonchev–Trinajstić information content (AvgIpc) is 3.41. The predicted octanol–water partition coefficient (Wildman–Crippen LogP) is 5.48. The van der Waals surface area contributed by atoms with E-state index in [9.17, 15) is 4.79 Å². The Bertz CT molecular complexity index is 1160. The average molecular weight is 445 g/mol. The Balaban J connectivity index is 0.00000256. The molecule has 0 aliphatic heterocycles. The quantitative estimate of drug-likeness (QED) is 0.395. The van der Waals surface area contributed by atoms with Gasteiger partial charge in [-0.1, -0.05) is 17.4 Å². The number of aromatic nitrogens is 3. The Morgan fingerprint density at radius 3 is 2.70 bits per heavy atom. The molecule has 0 aliphatic rings. The number of rotatable bonds is 6. The number of imidazole rings is 1. The van der Waals surface area contributed by atoms with Crippen LogP contribution in [0.3, 0.4) is 0 Å². The number of anilines is 1. The van der Waals surface area contributed by atoms with Gasteiger partial charge in [0.05, 0.1) is 22.1 Å². The van der Waals surface area contributed by atoms with E-state index in [0.717, 1.165) is 39.6 Å². The summed E-state index contributed by atoms with van der Waals surface area (Å²) in [7, 11) is 0. The molecule has 1 aromatic carbocycles. The van der Waals surface area contributed by atoms with Gasteiger partial charge in [-0.2, -0.15) is 0 Å². The number of halogens is 1. The van der Waals surface area contributed by atoms with Crippen LogP contribution in [0.25, 0.3) is 10.2 Å². The zero-order valence-corrected chi connectivity index (χ0v) is 19.1. The van der Waals surface area contributed by atoms with Gasteiger partial charge in [0.2, 0.25) is 0 Å². The van der Waals surface area contributed by atoms with Crippen LogP contribution in [0.2, 0.25) is 0 Å². The summed E-state index contributed by atoms with van der Waals surface area (Å²) in [5.74, 6) is 1.30. The number of carbonyl (C=O) groups excluding carboxylic acids is 1. The Morgan fingerprint density at radius 1 is 1.23 bits per heavy atom. The van der Waals surface area contributed by atoms with Gasteiger partial charge in [0, 0.05) is 25.5 Å². The van der Waals surface area contributed by atoms with Crippen molar-refractivity contribution >= 4 is 45.0 Å². The lowest BCUT2D eigenvalue weighted by atomic mass is 10.1. The number of benzene rings is 1. The zero-order chi connectivity index (χ0) is 20.5. The number of amides is 1. The number of fused-ring (bicyclic) bond motifs is 1. The van der Waals surface area contributed by atoms with Crippen LogP contribution < -0.4 is 4.90 Å².